The lowest BCUT2D eigenvalue weighted by atomic mass is 9.82. The van der Waals surface area contributed by atoms with Crippen molar-refractivity contribution >= 4 is 11.9 Å². The summed E-state index contributed by atoms with van der Waals surface area (Å²) < 4.78 is 11.2. The minimum atomic E-state index is -0.0676. The average Bonchev–Trinajstić information content (AvgIpc) is 2.78. The van der Waals surface area contributed by atoms with Gasteiger partial charge in [0.1, 0.15) is 0 Å². The van der Waals surface area contributed by atoms with Crippen LogP contribution in [0.2, 0.25) is 0 Å². The van der Waals surface area contributed by atoms with E-state index < -0.39 is 0 Å². The summed E-state index contributed by atoms with van der Waals surface area (Å²) in [5.74, 6) is 0.946. The van der Waals surface area contributed by atoms with E-state index in [1.165, 1.54) is 51.4 Å². The van der Waals surface area contributed by atoms with Gasteiger partial charge in [-0.1, -0.05) is 93.9 Å². The van der Waals surface area contributed by atoms with Crippen LogP contribution in [-0.4, -0.2) is 25.2 Å². The fraction of sp³-hybridized carbons (Fsp3) is 0.938. The van der Waals surface area contributed by atoms with Crippen molar-refractivity contribution in [1.29, 1.82) is 0 Å². The number of rotatable bonds is 16. The van der Waals surface area contributed by atoms with Gasteiger partial charge in [-0.3, -0.25) is 9.59 Å². The molecule has 0 saturated heterocycles. The maximum Gasteiger partial charge on any atom is 0.308 e. The molecule has 1 fully saturated rings. The number of carbonyl (C=O) groups excluding carboxylic acids is 2. The predicted molar refractivity (Wildman–Crippen MR) is 151 cm³/mol. The van der Waals surface area contributed by atoms with Crippen LogP contribution in [0, 0.1) is 34.5 Å². The molecule has 0 N–H and O–H groups in total. The molecule has 2 unspecified atom stereocenters. The van der Waals surface area contributed by atoms with E-state index in [4.69, 9.17) is 9.47 Å². The summed E-state index contributed by atoms with van der Waals surface area (Å²) in [5.41, 5.74) is 0.831. The van der Waals surface area contributed by atoms with Gasteiger partial charge in [-0.2, -0.15) is 0 Å². The monoisotopic (exact) mass is 508 g/mol. The third-order valence-electron chi connectivity index (χ3n) is 7.85. The van der Waals surface area contributed by atoms with Gasteiger partial charge in [0, 0.05) is 0 Å². The molecule has 4 heteroatoms. The first-order valence-electron chi connectivity index (χ1n) is 15.1. The number of ether oxygens (including phenoxy) is 2. The summed E-state index contributed by atoms with van der Waals surface area (Å²) in [5, 5.41) is 0. The Morgan fingerprint density at radius 1 is 0.611 bits per heavy atom. The Morgan fingerprint density at radius 2 is 0.944 bits per heavy atom. The Morgan fingerprint density at radius 3 is 1.25 bits per heavy atom. The zero-order valence-electron chi connectivity index (χ0n) is 25.3. The first kappa shape index (κ1) is 33.0. The van der Waals surface area contributed by atoms with Gasteiger partial charge in [0.05, 0.1) is 25.0 Å². The van der Waals surface area contributed by atoms with E-state index in [0.29, 0.717) is 35.9 Å². The van der Waals surface area contributed by atoms with Crippen LogP contribution in [0.15, 0.2) is 0 Å². The normalized spacial score (nSPS) is 20.6. The highest BCUT2D eigenvalue weighted by molar-refractivity contribution is 5.75. The fourth-order valence-corrected chi connectivity index (χ4v) is 5.11. The highest BCUT2D eigenvalue weighted by Crippen LogP contribution is 2.31. The molecule has 1 aliphatic rings. The summed E-state index contributed by atoms with van der Waals surface area (Å²) in [6.45, 7) is 19.3. The Labute approximate surface area is 224 Å². The zero-order valence-corrected chi connectivity index (χ0v) is 25.3. The summed E-state index contributed by atoms with van der Waals surface area (Å²) in [6.07, 6.45) is 14.8. The molecule has 1 aliphatic carbocycles. The lowest BCUT2D eigenvalue weighted by molar-refractivity contribution is -0.155. The molecule has 0 aliphatic heterocycles. The van der Waals surface area contributed by atoms with Gasteiger partial charge in [-0.05, 0) is 74.0 Å². The van der Waals surface area contributed by atoms with Gasteiger partial charge in [0.15, 0.2) is 0 Å². The minimum absolute atomic E-state index is 0.0516. The largest absolute Gasteiger partial charge is 0.465 e. The fourth-order valence-electron chi connectivity index (χ4n) is 5.11. The van der Waals surface area contributed by atoms with E-state index >= 15 is 0 Å². The third-order valence-corrected chi connectivity index (χ3v) is 7.85. The molecule has 1 saturated carbocycles. The van der Waals surface area contributed by atoms with Crippen molar-refractivity contribution in [3.8, 4) is 0 Å². The molecule has 1 rings (SSSR count). The van der Waals surface area contributed by atoms with Crippen molar-refractivity contribution in [2.75, 3.05) is 13.2 Å². The number of unbranched alkanes of at least 4 members (excludes halogenated alkanes) is 2. The van der Waals surface area contributed by atoms with Crippen molar-refractivity contribution in [3.05, 3.63) is 0 Å². The Hall–Kier alpha value is -1.06. The van der Waals surface area contributed by atoms with Gasteiger partial charge in [0.2, 0.25) is 0 Å². The molecule has 0 aromatic rings. The van der Waals surface area contributed by atoms with Crippen molar-refractivity contribution in [1.82, 2.24) is 0 Å². The molecule has 0 amide bonds. The Kier molecular flexibility index (Phi) is 15.3. The molecular weight excluding hydrogens is 448 g/mol. The van der Waals surface area contributed by atoms with Crippen molar-refractivity contribution in [2.45, 2.75) is 145 Å². The number of hydrogen-bond acceptors (Lipinski definition) is 4. The van der Waals surface area contributed by atoms with Gasteiger partial charge in [-0.15, -0.1) is 0 Å². The van der Waals surface area contributed by atoms with Gasteiger partial charge in [0.25, 0.3) is 0 Å². The van der Waals surface area contributed by atoms with E-state index in [9.17, 15) is 9.59 Å². The van der Waals surface area contributed by atoms with E-state index in [2.05, 4.69) is 55.4 Å². The van der Waals surface area contributed by atoms with E-state index in [1.54, 1.807) is 0 Å². The van der Waals surface area contributed by atoms with Crippen LogP contribution < -0.4 is 0 Å². The minimum Gasteiger partial charge on any atom is -0.465 e. The van der Waals surface area contributed by atoms with Crippen LogP contribution in [-0.2, 0) is 19.1 Å². The smallest absolute Gasteiger partial charge is 0.308 e. The molecule has 212 valence electrons. The predicted octanol–water partition coefficient (Wildman–Crippen LogP) is 9.14. The third kappa shape index (κ3) is 16.6. The zero-order chi connectivity index (χ0) is 27.2. The van der Waals surface area contributed by atoms with Crippen LogP contribution in [0.4, 0.5) is 0 Å². The highest BCUT2D eigenvalue weighted by Gasteiger charge is 2.31. The van der Waals surface area contributed by atoms with Gasteiger partial charge >= 0.3 is 11.9 Å². The van der Waals surface area contributed by atoms with Crippen LogP contribution in [0.1, 0.15) is 145 Å². The second-order valence-electron chi connectivity index (χ2n) is 14.3. The van der Waals surface area contributed by atoms with E-state index in [0.717, 1.165) is 38.5 Å². The van der Waals surface area contributed by atoms with Gasteiger partial charge < -0.3 is 9.47 Å². The topological polar surface area (TPSA) is 52.6 Å². The van der Waals surface area contributed by atoms with Crippen LogP contribution in [0.25, 0.3) is 0 Å². The lowest BCUT2D eigenvalue weighted by Gasteiger charge is -2.26. The lowest BCUT2D eigenvalue weighted by Crippen LogP contribution is -2.28. The van der Waals surface area contributed by atoms with Crippen LogP contribution in [0.5, 0.6) is 0 Å². The maximum absolute atomic E-state index is 12.5. The SMILES string of the molecule is CC(CCCCC(C)(C)C)CCOC(=O)C1CCC(C(=O)OCCC(C)CCCCC(C)(C)C)CC1. The molecule has 0 aromatic heterocycles. The molecule has 0 aromatic carbocycles. The van der Waals surface area contributed by atoms with Crippen LogP contribution in [0.3, 0.4) is 0 Å². The highest BCUT2D eigenvalue weighted by atomic mass is 16.5. The molecule has 0 spiro atoms. The number of esters is 2. The summed E-state index contributed by atoms with van der Waals surface area (Å²) in [6, 6.07) is 0. The molecule has 0 heterocycles. The molecule has 2 atom stereocenters. The maximum atomic E-state index is 12.5. The second kappa shape index (κ2) is 16.7. The van der Waals surface area contributed by atoms with Crippen LogP contribution >= 0.6 is 0 Å². The average molecular weight is 509 g/mol. The quantitative estimate of drug-likeness (QED) is 0.154. The summed E-state index contributed by atoms with van der Waals surface area (Å²) in [4.78, 5) is 25.0. The van der Waals surface area contributed by atoms with Crippen molar-refractivity contribution in [3.63, 3.8) is 0 Å². The summed E-state index contributed by atoms with van der Waals surface area (Å²) in [7, 11) is 0. The summed E-state index contributed by atoms with van der Waals surface area (Å²) >= 11 is 0. The van der Waals surface area contributed by atoms with Crippen molar-refractivity contribution in [2.24, 2.45) is 34.5 Å². The number of carbonyl (C=O) groups is 2. The molecule has 36 heavy (non-hydrogen) atoms. The molecule has 4 nitrogen and oxygen atoms in total. The standard InChI is InChI=1S/C32H60O4/c1-25(13-9-11-21-31(3,4)5)19-23-35-29(33)27-15-17-28(18-16-27)30(34)36-24-20-26(2)14-10-12-22-32(6,7)8/h25-28H,9-24H2,1-8H3. The Bertz CT molecular complexity index is 551. The molecule has 0 radical (unpaired) electrons. The molecule has 0 bridgehead atoms. The number of hydrogen-bond donors (Lipinski definition) is 0. The van der Waals surface area contributed by atoms with E-state index in [1.807, 2.05) is 0 Å². The van der Waals surface area contributed by atoms with Crippen molar-refractivity contribution < 1.29 is 19.1 Å². The van der Waals surface area contributed by atoms with E-state index in [-0.39, 0.29) is 23.8 Å². The second-order valence-corrected chi connectivity index (χ2v) is 14.3. The first-order valence-corrected chi connectivity index (χ1v) is 15.1. The Balaban J connectivity index is 2.12. The molecular formula is C32H60O4. The first-order chi connectivity index (χ1) is 16.8. The van der Waals surface area contributed by atoms with Gasteiger partial charge in [-0.25, -0.2) is 0 Å².